The molecule has 0 saturated heterocycles. The van der Waals surface area contributed by atoms with Gasteiger partial charge in [0, 0.05) is 6.54 Å². The monoisotopic (exact) mass is 204 g/mol. The molecule has 1 unspecified atom stereocenters. The Labute approximate surface area is 82.3 Å². The van der Waals surface area contributed by atoms with Crippen molar-refractivity contribution >= 4 is 23.5 Å². The topological polar surface area (TPSA) is 58.2 Å². The second-order valence-electron chi connectivity index (χ2n) is 2.75. The lowest BCUT2D eigenvalue weighted by molar-refractivity contribution is -0.119. The standard InChI is InChI=1S/C8H13ClN2O2/c1-5(2)4-10-8(13)11-7(12)6(3)9/h6H,1,4H2,2-3H3,(H2,10,11,12,13). The van der Waals surface area contributed by atoms with E-state index < -0.39 is 17.3 Å². The van der Waals surface area contributed by atoms with E-state index in [1.165, 1.54) is 6.92 Å². The van der Waals surface area contributed by atoms with E-state index in [0.29, 0.717) is 6.54 Å². The minimum atomic E-state index is -0.712. The number of nitrogens with one attached hydrogen (secondary N) is 2. The van der Waals surface area contributed by atoms with Gasteiger partial charge in [-0.3, -0.25) is 10.1 Å². The van der Waals surface area contributed by atoms with Crippen molar-refractivity contribution in [1.29, 1.82) is 0 Å². The molecule has 0 saturated carbocycles. The highest BCUT2D eigenvalue weighted by atomic mass is 35.5. The van der Waals surface area contributed by atoms with Gasteiger partial charge < -0.3 is 5.32 Å². The van der Waals surface area contributed by atoms with Crippen molar-refractivity contribution in [3.8, 4) is 0 Å². The molecule has 0 spiro atoms. The average molecular weight is 205 g/mol. The highest BCUT2D eigenvalue weighted by Gasteiger charge is 2.11. The second-order valence-corrected chi connectivity index (χ2v) is 3.40. The van der Waals surface area contributed by atoms with Gasteiger partial charge in [0.05, 0.1) is 0 Å². The summed E-state index contributed by atoms with van der Waals surface area (Å²) in [4.78, 5) is 21.8. The van der Waals surface area contributed by atoms with Crippen LogP contribution < -0.4 is 10.6 Å². The van der Waals surface area contributed by atoms with Gasteiger partial charge in [-0.15, -0.1) is 11.6 Å². The third-order valence-electron chi connectivity index (χ3n) is 1.15. The van der Waals surface area contributed by atoms with Gasteiger partial charge in [0.25, 0.3) is 0 Å². The van der Waals surface area contributed by atoms with Gasteiger partial charge in [-0.2, -0.15) is 0 Å². The van der Waals surface area contributed by atoms with Gasteiger partial charge in [-0.05, 0) is 13.8 Å². The summed E-state index contributed by atoms with van der Waals surface area (Å²) >= 11 is 5.43. The molecule has 0 aliphatic rings. The molecule has 0 aromatic rings. The molecule has 13 heavy (non-hydrogen) atoms. The fraction of sp³-hybridized carbons (Fsp3) is 0.500. The molecule has 0 bridgehead atoms. The summed E-state index contributed by atoms with van der Waals surface area (Å²) in [6.07, 6.45) is 0. The maximum atomic E-state index is 10.9. The molecule has 3 amide bonds. The summed E-state index contributed by atoms with van der Waals surface area (Å²) in [5.41, 5.74) is 0.807. The highest BCUT2D eigenvalue weighted by molar-refractivity contribution is 6.31. The van der Waals surface area contributed by atoms with Gasteiger partial charge in [0.2, 0.25) is 5.91 Å². The Bertz CT molecular complexity index is 226. The second kappa shape index (κ2) is 5.59. The third-order valence-corrected chi connectivity index (χ3v) is 1.35. The van der Waals surface area contributed by atoms with E-state index in [1.807, 2.05) is 0 Å². The van der Waals surface area contributed by atoms with Crippen LogP contribution in [0.1, 0.15) is 13.8 Å². The Morgan fingerprint density at radius 2 is 2.08 bits per heavy atom. The molecule has 0 radical (unpaired) electrons. The van der Waals surface area contributed by atoms with Gasteiger partial charge in [0.15, 0.2) is 0 Å². The third kappa shape index (κ3) is 6.16. The van der Waals surface area contributed by atoms with E-state index in [1.54, 1.807) is 6.92 Å². The zero-order valence-electron chi connectivity index (χ0n) is 7.69. The Morgan fingerprint density at radius 3 is 2.46 bits per heavy atom. The summed E-state index contributed by atoms with van der Waals surface area (Å²) in [7, 11) is 0. The number of urea groups is 1. The maximum absolute atomic E-state index is 10.9. The molecule has 0 aliphatic heterocycles. The number of hydrogen-bond acceptors (Lipinski definition) is 2. The van der Waals surface area contributed by atoms with E-state index in [4.69, 9.17) is 11.6 Å². The van der Waals surface area contributed by atoms with Crippen molar-refractivity contribution in [2.24, 2.45) is 0 Å². The van der Waals surface area contributed by atoms with Crippen molar-refractivity contribution in [3.05, 3.63) is 12.2 Å². The Morgan fingerprint density at radius 1 is 1.54 bits per heavy atom. The molecule has 0 aromatic heterocycles. The van der Waals surface area contributed by atoms with Crippen molar-refractivity contribution in [2.45, 2.75) is 19.2 Å². The van der Waals surface area contributed by atoms with Crippen molar-refractivity contribution < 1.29 is 9.59 Å². The lowest BCUT2D eigenvalue weighted by atomic mass is 10.3. The van der Waals surface area contributed by atoms with Crippen LogP contribution in [0.15, 0.2) is 12.2 Å². The van der Waals surface area contributed by atoms with E-state index in [2.05, 4.69) is 17.2 Å². The first-order valence-electron chi connectivity index (χ1n) is 3.80. The predicted molar refractivity (Wildman–Crippen MR) is 51.7 cm³/mol. The van der Waals surface area contributed by atoms with Crippen molar-refractivity contribution in [3.63, 3.8) is 0 Å². The molecule has 0 aromatic carbocycles. The Hall–Kier alpha value is -1.03. The van der Waals surface area contributed by atoms with Gasteiger partial charge in [-0.25, -0.2) is 4.79 Å². The normalized spacial score (nSPS) is 11.6. The fourth-order valence-corrected chi connectivity index (χ4v) is 0.541. The lowest BCUT2D eigenvalue weighted by Crippen LogP contribution is -2.42. The number of halogens is 1. The molecule has 2 N–H and O–H groups in total. The van der Waals surface area contributed by atoms with Crippen LogP contribution >= 0.6 is 11.6 Å². The molecule has 0 heterocycles. The van der Waals surface area contributed by atoms with E-state index in [0.717, 1.165) is 5.57 Å². The molecule has 0 rings (SSSR count). The number of imide groups is 1. The number of alkyl halides is 1. The first-order chi connectivity index (χ1) is 5.93. The summed E-state index contributed by atoms with van der Waals surface area (Å²) in [6.45, 7) is 7.19. The summed E-state index contributed by atoms with van der Waals surface area (Å²) in [5, 5.41) is 3.80. The quantitative estimate of drug-likeness (QED) is 0.533. The van der Waals surface area contributed by atoms with Gasteiger partial charge in [0.1, 0.15) is 5.38 Å². The van der Waals surface area contributed by atoms with E-state index in [9.17, 15) is 9.59 Å². The number of rotatable bonds is 3. The largest absolute Gasteiger partial charge is 0.334 e. The minimum Gasteiger partial charge on any atom is -0.334 e. The number of carbonyl (C=O) groups excluding carboxylic acids is 2. The predicted octanol–water partition coefficient (Wildman–Crippen LogP) is 1.02. The van der Waals surface area contributed by atoms with Crippen molar-refractivity contribution in [2.75, 3.05) is 6.54 Å². The molecular weight excluding hydrogens is 192 g/mol. The SMILES string of the molecule is C=C(C)CNC(=O)NC(=O)C(C)Cl. The number of hydrogen-bond donors (Lipinski definition) is 2. The van der Waals surface area contributed by atoms with E-state index in [-0.39, 0.29) is 0 Å². The molecule has 0 aliphatic carbocycles. The average Bonchev–Trinajstić information content (AvgIpc) is 2.00. The summed E-state index contributed by atoms with van der Waals surface area (Å²) in [5.74, 6) is -0.513. The first-order valence-corrected chi connectivity index (χ1v) is 4.24. The molecule has 5 heteroatoms. The minimum absolute atomic E-state index is 0.343. The van der Waals surface area contributed by atoms with Gasteiger partial charge in [-0.1, -0.05) is 12.2 Å². The summed E-state index contributed by atoms with van der Waals surface area (Å²) < 4.78 is 0. The zero-order chi connectivity index (χ0) is 10.4. The fourth-order valence-electron chi connectivity index (χ4n) is 0.487. The molecule has 0 fully saturated rings. The van der Waals surface area contributed by atoms with Crippen LogP contribution in [0.2, 0.25) is 0 Å². The van der Waals surface area contributed by atoms with Crippen LogP contribution in [-0.2, 0) is 4.79 Å². The van der Waals surface area contributed by atoms with Crippen LogP contribution in [0.3, 0.4) is 0 Å². The number of amides is 3. The molecule has 74 valence electrons. The molecule has 1 atom stereocenters. The molecule has 4 nitrogen and oxygen atoms in total. The van der Waals surface area contributed by atoms with Crippen LogP contribution in [0.25, 0.3) is 0 Å². The summed E-state index contributed by atoms with van der Waals surface area (Å²) in [6, 6.07) is -0.555. The molecular formula is C8H13ClN2O2. The van der Waals surface area contributed by atoms with E-state index >= 15 is 0 Å². The van der Waals surface area contributed by atoms with Crippen LogP contribution in [0, 0.1) is 0 Å². The Balaban J connectivity index is 3.75. The Kier molecular flexibility index (Phi) is 5.14. The zero-order valence-corrected chi connectivity index (χ0v) is 8.44. The first kappa shape index (κ1) is 12.0. The highest BCUT2D eigenvalue weighted by Crippen LogP contribution is 1.91. The smallest absolute Gasteiger partial charge is 0.321 e. The maximum Gasteiger partial charge on any atom is 0.321 e. The number of carbonyl (C=O) groups is 2. The van der Waals surface area contributed by atoms with Crippen LogP contribution in [0.5, 0.6) is 0 Å². The van der Waals surface area contributed by atoms with Crippen LogP contribution in [-0.4, -0.2) is 23.9 Å². The van der Waals surface area contributed by atoms with Gasteiger partial charge >= 0.3 is 6.03 Å². The van der Waals surface area contributed by atoms with Crippen molar-refractivity contribution in [1.82, 2.24) is 10.6 Å². The lowest BCUT2D eigenvalue weighted by Gasteiger charge is -2.06. The van der Waals surface area contributed by atoms with Crippen LogP contribution in [0.4, 0.5) is 4.79 Å².